The van der Waals surface area contributed by atoms with E-state index in [1.807, 2.05) is 47.4 Å². The summed E-state index contributed by atoms with van der Waals surface area (Å²) in [7, 11) is 1.35. The fourth-order valence-corrected chi connectivity index (χ4v) is 3.01. The van der Waals surface area contributed by atoms with Crippen LogP contribution in [0.1, 0.15) is 5.56 Å². The maximum Gasteiger partial charge on any atom is 0.348 e. The predicted molar refractivity (Wildman–Crippen MR) is 101 cm³/mol. The van der Waals surface area contributed by atoms with Gasteiger partial charge in [0.2, 0.25) is 6.10 Å². The summed E-state index contributed by atoms with van der Waals surface area (Å²) in [5.41, 5.74) is 2.09. The molecule has 1 atom stereocenters. The minimum absolute atomic E-state index is 0.320. The zero-order valence-corrected chi connectivity index (χ0v) is 14.8. The topological polar surface area (TPSA) is 50.8 Å². The number of nitrogens with zero attached hydrogens (tertiary/aromatic N) is 1. The number of carbonyl (C=O) groups excluding carboxylic acids is 1. The lowest BCUT2D eigenvalue weighted by atomic mass is 10.1. The van der Waals surface area contributed by atoms with E-state index in [1.54, 1.807) is 0 Å². The van der Waals surface area contributed by atoms with Crippen LogP contribution in [0.2, 0.25) is 0 Å². The first-order valence-corrected chi connectivity index (χ1v) is 8.52. The molecule has 0 fully saturated rings. The normalized spacial score (nSPS) is 15.7. The predicted octanol–water partition coefficient (Wildman–Crippen LogP) is 2.54. The van der Waals surface area contributed by atoms with Gasteiger partial charge in [0.15, 0.2) is 5.11 Å². The Hall–Kier alpha value is -2.60. The molecule has 1 aliphatic rings. The van der Waals surface area contributed by atoms with E-state index in [1.165, 1.54) is 12.7 Å². The Morgan fingerprint density at radius 1 is 1.24 bits per heavy atom. The number of esters is 1. The van der Waals surface area contributed by atoms with Gasteiger partial charge in [-0.05, 0) is 36.3 Å². The highest BCUT2D eigenvalue weighted by Gasteiger charge is 2.32. The molecule has 0 unspecified atom stereocenters. The van der Waals surface area contributed by atoms with Gasteiger partial charge in [-0.3, -0.25) is 0 Å². The molecule has 0 bridgehead atoms. The second-order valence-electron chi connectivity index (χ2n) is 5.68. The summed E-state index contributed by atoms with van der Waals surface area (Å²) in [6, 6.07) is 17.7. The molecule has 1 heterocycles. The summed E-state index contributed by atoms with van der Waals surface area (Å²) in [5, 5.41) is 3.84. The van der Waals surface area contributed by atoms with Crippen LogP contribution in [0.15, 0.2) is 54.6 Å². The number of fused-ring (bicyclic) bond motifs is 1. The van der Waals surface area contributed by atoms with Crippen LogP contribution >= 0.6 is 12.2 Å². The third-order valence-electron chi connectivity index (χ3n) is 4.02. The Balaban J connectivity index is 1.68. The molecule has 2 aromatic rings. The molecule has 2 aromatic carbocycles. The zero-order chi connectivity index (χ0) is 17.6. The highest BCUT2D eigenvalue weighted by Crippen LogP contribution is 2.33. The quantitative estimate of drug-likeness (QED) is 0.671. The Morgan fingerprint density at radius 3 is 2.72 bits per heavy atom. The van der Waals surface area contributed by atoms with E-state index in [2.05, 4.69) is 17.4 Å². The van der Waals surface area contributed by atoms with Crippen LogP contribution in [0.3, 0.4) is 0 Å². The number of rotatable bonds is 4. The van der Waals surface area contributed by atoms with E-state index in [-0.39, 0.29) is 0 Å². The molecule has 0 aromatic heterocycles. The van der Waals surface area contributed by atoms with Crippen molar-refractivity contribution in [2.45, 2.75) is 12.5 Å². The van der Waals surface area contributed by atoms with Gasteiger partial charge >= 0.3 is 5.97 Å². The van der Waals surface area contributed by atoms with Gasteiger partial charge in [-0.1, -0.05) is 42.5 Å². The molecule has 1 aliphatic heterocycles. The molecule has 0 radical (unpaired) electrons. The minimum atomic E-state index is -0.700. The number of methoxy groups -OCH3 is 1. The van der Waals surface area contributed by atoms with Crippen molar-refractivity contribution in [3.05, 3.63) is 60.2 Å². The van der Waals surface area contributed by atoms with E-state index in [0.717, 1.165) is 12.1 Å². The van der Waals surface area contributed by atoms with Crippen molar-refractivity contribution < 1.29 is 14.3 Å². The number of para-hydroxylation sites is 2. The van der Waals surface area contributed by atoms with Crippen LogP contribution in [-0.2, 0) is 16.0 Å². The van der Waals surface area contributed by atoms with Crippen molar-refractivity contribution in [1.29, 1.82) is 0 Å². The second-order valence-corrected chi connectivity index (χ2v) is 6.06. The standard InChI is InChI=1S/C19H20N2O3S/c1-23-18(22)17-13-21(15-9-5-6-10-16(15)24-17)19(25)20-12-11-14-7-3-2-4-8-14/h2-10,17H,11-13H2,1H3,(H,20,25)/t17-/m1/s1. The van der Waals surface area contributed by atoms with Gasteiger partial charge in [-0.15, -0.1) is 0 Å². The molecule has 3 rings (SSSR count). The number of nitrogens with one attached hydrogen (secondary N) is 1. The summed E-state index contributed by atoms with van der Waals surface area (Å²) in [6.45, 7) is 1.03. The largest absolute Gasteiger partial charge is 0.475 e. The van der Waals surface area contributed by atoms with Gasteiger partial charge in [0, 0.05) is 6.54 Å². The van der Waals surface area contributed by atoms with Crippen molar-refractivity contribution in [2.75, 3.05) is 25.1 Å². The first-order valence-electron chi connectivity index (χ1n) is 8.12. The summed E-state index contributed by atoms with van der Waals surface area (Å²) >= 11 is 5.55. The van der Waals surface area contributed by atoms with E-state index in [0.29, 0.717) is 24.0 Å². The fourth-order valence-electron chi connectivity index (χ4n) is 2.73. The highest BCUT2D eigenvalue weighted by molar-refractivity contribution is 7.80. The summed E-state index contributed by atoms with van der Waals surface area (Å²) in [6.07, 6.45) is 0.168. The summed E-state index contributed by atoms with van der Waals surface area (Å²) in [4.78, 5) is 13.8. The lowest BCUT2D eigenvalue weighted by molar-refractivity contribution is -0.148. The second kappa shape index (κ2) is 7.98. The number of ether oxygens (including phenoxy) is 2. The van der Waals surface area contributed by atoms with Crippen LogP contribution < -0.4 is 15.0 Å². The minimum Gasteiger partial charge on any atom is -0.475 e. The van der Waals surface area contributed by atoms with Crippen molar-refractivity contribution in [2.24, 2.45) is 0 Å². The van der Waals surface area contributed by atoms with E-state index >= 15 is 0 Å². The fraction of sp³-hybridized carbons (Fsp3) is 0.263. The molecule has 130 valence electrons. The molecule has 0 aliphatic carbocycles. The monoisotopic (exact) mass is 356 g/mol. The van der Waals surface area contributed by atoms with Gasteiger partial charge in [-0.2, -0.15) is 0 Å². The Bertz CT molecular complexity index is 751. The lowest BCUT2D eigenvalue weighted by Crippen LogP contribution is -2.51. The van der Waals surface area contributed by atoms with E-state index in [4.69, 9.17) is 21.7 Å². The summed E-state index contributed by atoms with van der Waals surface area (Å²) < 4.78 is 10.6. The Morgan fingerprint density at radius 2 is 1.96 bits per heavy atom. The Labute approximate surface area is 152 Å². The molecule has 5 nitrogen and oxygen atoms in total. The maximum absolute atomic E-state index is 11.9. The molecule has 25 heavy (non-hydrogen) atoms. The van der Waals surface area contributed by atoms with Crippen LogP contribution in [0, 0.1) is 0 Å². The number of hydrogen-bond acceptors (Lipinski definition) is 4. The lowest BCUT2D eigenvalue weighted by Gasteiger charge is -2.35. The van der Waals surface area contributed by atoms with E-state index in [9.17, 15) is 4.79 Å². The number of thiocarbonyl (C=S) groups is 1. The number of anilines is 1. The smallest absolute Gasteiger partial charge is 0.348 e. The number of hydrogen-bond donors (Lipinski definition) is 1. The first kappa shape index (κ1) is 17.2. The Kier molecular flexibility index (Phi) is 5.50. The molecule has 0 saturated carbocycles. The molecule has 1 N–H and O–H groups in total. The van der Waals surface area contributed by atoms with Crippen LogP contribution in [0.25, 0.3) is 0 Å². The van der Waals surface area contributed by atoms with Crippen molar-refractivity contribution >= 4 is 29.0 Å². The van der Waals surface area contributed by atoms with Gasteiger partial charge < -0.3 is 19.7 Å². The highest BCUT2D eigenvalue weighted by atomic mass is 32.1. The number of benzene rings is 2. The van der Waals surface area contributed by atoms with Crippen molar-refractivity contribution in [3.8, 4) is 5.75 Å². The molecule has 0 amide bonds. The van der Waals surface area contributed by atoms with Gasteiger partial charge in [0.1, 0.15) is 5.75 Å². The molecular weight excluding hydrogens is 336 g/mol. The maximum atomic E-state index is 11.9. The number of carbonyl (C=O) groups is 1. The van der Waals surface area contributed by atoms with Gasteiger partial charge in [0.05, 0.1) is 19.3 Å². The molecule has 0 spiro atoms. The average Bonchev–Trinajstić information content (AvgIpc) is 2.67. The molecule has 6 heteroatoms. The third-order valence-corrected chi connectivity index (χ3v) is 4.38. The van der Waals surface area contributed by atoms with Crippen molar-refractivity contribution in [1.82, 2.24) is 5.32 Å². The van der Waals surface area contributed by atoms with Crippen LogP contribution in [0.5, 0.6) is 5.75 Å². The zero-order valence-electron chi connectivity index (χ0n) is 14.0. The third kappa shape index (κ3) is 4.09. The van der Waals surface area contributed by atoms with E-state index < -0.39 is 12.1 Å². The average molecular weight is 356 g/mol. The van der Waals surface area contributed by atoms with Crippen LogP contribution in [0.4, 0.5) is 5.69 Å². The molecular formula is C19H20N2O3S. The SMILES string of the molecule is COC(=O)[C@H]1CN(C(=S)NCCc2ccccc2)c2ccccc2O1. The summed E-state index contributed by atoms with van der Waals surface area (Å²) in [5.74, 6) is 0.211. The molecule has 0 saturated heterocycles. The van der Waals surface area contributed by atoms with Gasteiger partial charge in [-0.25, -0.2) is 4.79 Å². The first-order chi connectivity index (χ1) is 12.2. The van der Waals surface area contributed by atoms with Crippen molar-refractivity contribution in [3.63, 3.8) is 0 Å². The van der Waals surface area contributed by atoms with Gasteiger partial charge in [0.25, 0.3) is 0 Å². The van der Waals surface area contributed by atoms with Crippen LogP contribution in [-0.4, -0.2) is 37.4 Å².